The van der Waals surface area contributed by atoms with E-state index in [0.29, 0.717) is 47.9 Å². The van der Waals surface area contributed by atoms with E-state index < -0.39 is 20.6 Å². The average molecular weight is 598 g/mol. The predicted octanol–water partition coefficient (Wildman–Crippen LogP) is 4.41. The summed E-state index contributed by atoms with van der Waals surface area (Å²) < 4.78 is 35.1. The van der Waals surface area contributed by atoms with Gasteiger partial charge in [0.1, 0.15) is 16.6 Å². The van der Waals surface area contributed by atoms with Gasteiger partial charge < -0.3 is 4.74 Å². The largest absolute Gasteiger partial charge is 0.494 e. The van der Waals surface area contributed by atoms with Crippen molar-refractivity contribution in [2.24, 2.45) is 0 Å². The number of fused-ring (bicyclic) bond motifs is 1. The highest BCUT2D eigenvalue weighted by Gasteiger charge is 2.33. The molecule has 214 valence electrons. The predicted molar refractivity (Wildman–Crippen MR) is 155 cm³/mol. The standard InChI is InChI=1S/C28H28ClN5O6S/c1-3-40-21-10-8-20(9-11-21)33-27(30-25-7-5-4-6-23(25)28(33)35)19(2)31-14-16-32(17-15-31)41(38,39)22-12-13-24(29)26(18-22)34(36)37/h4-13,18-19H,3,14-17H2,1-2H3. The Morgan fingerprint density at radius 2 is 1.73 bits per heavy atom. The molecule has 0 aliphatic carbocycles. The van der Waals surface area contributed by atoms with Crippen molar-refractivity contribution in [2.45, 2.75) is 24.8 Å². The van der Waals surface area contributed by atoms with Crippen LogP contribution in [0.1, 0.15) is 25.7 Å². The van der Waals surface area contributed by atoms with Gasteiger partial charge in [-0.1, -0.05) is 23.7 Å². The summed E-state index contributed by atoms with van der Waals surface area (Å²) in [6, 6.07) is 17.6. The molecule has 0 amide bonds. The zero-order valence-corrected chi connectivity index (χ0v) is 24.0. The van der Waals surface area contributed by atoms with Crippen LogP contribution in [0.5, 0.6) is 5.75 Å². The zero-order chi connectivity index (χ0) is 29.3. The second-order valence-corrected chi connectivity index (χ2v) is 11.9. The number of nitro benzene ring substituents is 1. The van der Waals surface area contributed by atoms with Crippen molar-refractivity contribution in [3.63, 3.8) is 0 Å². The SMILES string of the molecule is CCOc1ccc(-n2c(C(C)N3CCN(S(=O)(=O)c4ccc(Cl)c([N+](=O)[O-])c4)CC3)nc3ccccc3c2=O)cc1. The molecule has 5 rings (SSSR count). The number of hydrogen-bond donors (Lipinski definition) is 0. The second kappa shape index (κ2) is 11.6. The Morgan fingerprint density at radius 1 is 1.05 bits per heavy atom. The van der Waals surface area contributed by atoms with Gasteiger partial charge in [0.25, 0.3) is 11.2 Å². The first-order valence-corrected chi connectivity index (χ1v) is 14.9. The third kappa shape index (κ3) is 5.55. The Bertz CT molecular complexity index is 1770. The summed E-state index contributed by atoms with van der Waals surface area (Å²) in [6.07, 6.45) is 0. The van der Waals surface area contributed by atoms with Crippen molar-refractivity contribution in [3.05, 3.63) is 98.0 Å². The number of nitro groups is 1. The molecule has 41 heavy (non-hydrogen) atoms. The molecule has 1 unspecified atom stereocenters. The molecule has 0 saturated carbocycles. The van der Waals surface area contributed by atoms with Crippen molar-refractivity contribution < 1.29 is 18.1 Å². The molecule has 1 aromatic heterocycles. The number of sulfonamides is 1. The van der Waals surface area contributed by atoms with E-state index >= 15 is 0 Å². The fourth-order valence-corrected chi connectivity index (χ4v) is 6.60. The molecule has 1 saturated heterocycles. The highest BCUT2D eigenvalue weighted by Crippen LogP contribution is 2.30. The van der Waals surface area contributed by atoms with Crippen LogP contribution in [-0.2, 0) is 10.0 Å². The number of hydrogen-bond acceptors (Lipinski definition) is 8. The molecule has 0 radical (unpaired) electrons. The molecule has 3 aromatic carbocycles. The van der Waals surface area contributed by atoms with Crippen molar-refractivity contribution in [1.29, 1.82) is 0 Å². The number of benzene rings is 3. The van der Waals surface area contributed by atoms with Crippen LogP contribution in [0, 0.1) is 10.1 Å². The third-order valence-corrected chi connectivity index (χ3v) is 9.37. The Balaban J connectivity index is 1.44. The van der Waals surface area contributed by atoms with Crippen LogP contribution in [0.4, 0.5) is 5.69 Å². The van der Waals surface area contributed by atoms with Crippen LogP contribution in [0.25, 0.3) is 16.6 Å². The molecular formula is C28H28ClN5O6S. The van der Waals surface area contributed by atoms with Crippen LogP contribution >= 0.6 is 11.6 Å². The van der Waals surface area contributed by atoms with Crippen molar-refractivity contribution in [2.75, 3.05) is 32.8 Å². The van der Waals surface area contributed by atoms with Gasteiger partial charge in [0.2, 0.25) is 10.0 Å². The minimum atomic E-state index is -3.98. The lowest BCUT2D eigenvalue weighted by Gasteiger charge is -2.37. The number of piperazine rings is 1. The van der Waals surface area contributed by atoms with Crippen LogP contribution in [0.2, 0.25) is 5.02 Å². The Hall–Kier alpha value is -3.84. The molecule has 2 heterocycles. The monoisotopic (exact) mass is 597 g/mol. The van der Waals surface area contributed by atoms with Gasteiger partial charge in [-0.2, -0.15) is 4.31 Å². The lowest BCUT2D eigenvalue weighted by molar-refractivity contribution is -0.384. The fourth-order valence-electron chi connectivity index (χ4n) is 4.97. The highest BCUT2D eigenvalue weighted by molar-refractivity contribution is 7.89. The van der Waals surface area contributed by atoms with Gasteiger partial charge in [-0.25, -0.2) is 13.4 Å². The van der Waals surface area contributed by atoms with E-state index in [9.17, 15) is 23.3 Å². The molecule has 13 heteroatoms. The summed E-state index contributed by atoms with van der Waals surface area (Å²) in [5, 5.41) is 11.6. The molecule has 1 aliphatic heterocycles. The molecular weight excluding hydrogens is 570 g/mol. The van der Waals surface area contributed by atoms with E-state index in [2.05, 4.69) is 4.90 Å². The summed E-state index contributed by atoms with van der Waals surface area (Å²) in [7, 11) is -3.98. The molecule has 11 nitrogen and oxygen atoms in total. The molecule has 1 fully saturated rings. The first-order chi connectivity index (χ1) is 19.6. The number of para-hydroxylation sites is 1. The zero-order valence-electron chi connectivity index (χ0n) is 22.4. The number of aromatic nitrogens is 2. The fraction of sp³-hybridized carbons (Fsp3) is 0.286. The van der Waals surface area contributed by atoms with Crippen LogP contribution in [0.15, 0.2) is 76.4 Å². The van der Waals surface area contributed by atoms with E-state index in [0.717, 1.165) is 6.07 Å². The maximum atomic E-state index is 13.7. The van der Waals surface area contributed by atoms with Gasteiger partial charge in [0.15, 0.2) is 0 Å². The number of ether oxygens (including phenoxy) is 1. The second-order valence-electron chi connectivity index (χ2n) is 9.54. The molecule has 4 aromatic rings. The van der Waals surface area contributed by atoms with Gasteiger partial charge in [-0.05, 0) is 62.4 Å². The summed E-state index contributed by atoms with van der Waals surface area (Å²) in [4.78, 5) is 31.1. The maximum absolute atomic E-state index is 13.7. The molecule has 0 N–H and O–H groups in total. The van der Waals surface area contributed by atoms with Crippen LogP contribution < -0.4 is 10.3 Å². The maximum Gasteiger partial charge on any atom is 0.289 e. The summed E-state index contributed by atoms with van der Waals surface area (Å²) in [5.74, 6) is 1.22. The summed E-state index contributed by atoms with van der Waals surface area (Å²) in [6.45, 7) is 5.40. The van der Waals surface area contributed by atoms with E-state index in [-0.39, 0.29) is 34.6 Å². The molecule has 1 atom stereocenters. The average Bonchev–Trinajstić information content (AvgIpc) is 2.97. The van der Waals surface area contributed by atoms with Gasteiger partial charge >= 0.3 is 0 Å². The first-order valence-electron chi connectivity index (χ1n) is 13.0. The number of nitrogens with zero attached hydrogens (tertiary/aromatic N) is 5. The van der Waals surface area contributed by atoms with Crippen LogP contribution in [-0.4, -0.2) is 64.9 Å². The van der Waals surface area contributed by atoms with Crippen molar-refractivity contribution >= 4 is 38.2 Å². The number of halogens is 1. The lowest BCUT2D eigenvalue weighted by atomic mass is 10.1. The quantitative estimate of drug-likeness (QED) is 0.216. The lowest BCUT2D eigenvalue weighted by Crippen LogP contribution is -2.49. The minimum Gasteiger partial charge on any atom is -0.494 e. The summed E-state index contributed by atoms with van der Waals surface area (Å²) in [5.41, 5.74) is 0.554. The van der Waals surface area contributed by atoms with E-state index in [1.807, 2.05) is 32.0 Å². The molecule has 0 bridgehead atoms. The van der Waals surface area contributed by atoms with Crippen molar-refractivity contribution in [3.8, 4) is 11.4 Å². The van der Waals surface area contributed by atoms with Gasteiger partial charge in [0.05, 0.1) is 39.1 Å². The van der Waals surface area contributed by atoms with Gasteiger partial charge in [-0.3, -0.25) is 24.4 Å². The topological polar surface area (TPSA) is 128 Å². The van der Waals surface area contributed by atoms with Gasteiger partial charge in [0, 0.05) is 32.2 Å². The summed E-state index contributed by atoms with van der Waals surface area (Å²) >= 11 is 5.87. The Labute approximate surface area is 241 Å². The minimum absolute atomic E-state index is 0.131. The normalized spacial score (nSPS) is 15.6. The number of rotatable bonds is 8. The molecule has 1 aliphatic rings. The first kappa shape index (κ1) is 28.7. The third-order valence-electron chi connectivity index (χ3n) is 7.15. The Morgan fingerprint density at radius 3 is 2.39 bits per heavy atom. The van der Waals surface area contributed by atoms with E-state index in [1.54, 1.807) is 34.9 Å². The smallest absolute Gasteiger partial charge is 0.289 e. The van der Waals surface area contributed by atoms with Gasteiger partial charge in [-0.15, -0.1) is 0 Å². The van der Waals surface area contributed by atoms with Crippen molar-refractivity contribution in [1.82, 2.24) is 18.8 Å². The highest BCUT2D eigenvalue weighted by atomic mass is 35.5. The van der Waals surface area contributed by atoms with E-state index in [4.69, 9.17) is 21.3 Å². The van der Waals surface area contributed by atoms with E-state index in [1.165, 1.54) is 16.4 Å². The van der Waals surface area contributed by atoms with Crippen LogP contribution in [0.3, 0.4) is 0 Å². The Kier molecular flexibility index (Phi) is 8.09. The molecule has 0 spiro atoms.